The molecule has 0 saturated carbocycles. The lowest BCUT2D eigenvalue weighted by Crippen LogP contribution is -2.00. The number of ether oxygens (including phenoxy) is 1. The summed E-state index contributed by atoms with van der Waals surface area (Å²) in [5.74, 6) is -0.395. The Morgan fingerprint density at radius 2 is 2.50 bits per heavy atom. The van der Waals surface area contributed by atoms with Crippen molar-refractivity contribution in [2.45, 2.75) is 19.8 Å². The average Bonchev–Trinajstić information content (AvgIpc) is 2.52. The van der Waals surface area contributed by atoms with Crippen LogP contribution in [-0.4, -0.2) is 23.3 Å². The molecule has 0 bridgehead atoms. The number of methoxy groups -OCH3 is 1. The molecule has 1 aromatic heterocycles. The Hall–Kier alpha value is -1.32. The third-order valence-electron chi connectivity index (χ3n) is 1.54. The van der Waals surface area contributed by atoms with Gasteiger partial charge in [0.05, 0.1) is 7.11 Å². The van der Waals surface area contributed by atoms with Crippen molar-refractivity contribution >= 4 is 5.97 Å². The van der Waals surface area contributed by atoms with Gasteiger partial charge in [-0.2, -0.15) is 5.10 Å². The van der Waals surface area contributed by atoms with E-state index in [-0.39, 0.29) is 0 Å². The zero-order valence-corrected chi connectivity index (χ0v) is 7.26. The summed E-state index contributed by atoms with van der Waals surface area (Å²) in [7, 11) is 1.34. The van der Waals surface area contributed by atoms with Crippen LogP contribution in [0.2, 0.25) is 0 Å². The van der Waals surface area contributed by atoms with Crippen molar-refractivity contribution in [3.8, 4) is 0 Å². The second kappa shape index (κ2) is 3.90. The van der Waals surface area contributed by atoms with E-state index in [1.54, 1.807) is 6.07 Å². The van der Waals surface area contributed by atoms with Gasteiger partial charge in [-0.25, -0.2) is 4.79 Å². The van der Waals surface area contributed by atoms with Gasteiger partial charge in [0.25, 0.3) is 0 Å². The van der Waals surface area contributed by atoms with Crippen LogP contribution in [0.5, 0.6) is 0 Å². The fraction of sp³-hybridized carbons (Fsp3) is 0.500. The fourth-order valence-electron chi connectivity index (χ4n) is 0.968. The summed E-state index contributed by atoms with van der Waals surface area (Å²) < 4.78 is 4.51. The van der Waals surface area contributed by atoms with Gasteiger partial charge in [-0.1, -0.05) is 13.3 Å². The van der Waals surface area contributed by atoms with Crippen LogP contribution in [0.25, 0.3) is 0 Å². The molecule has 0 fully saturated rings. The molecule has 66 valence electrons. The number of nitrogens with zero attached hydrogens (tertiary/aromatic N) is 1. The Bertz CT molecular complexity index is 268. The first-order valence-corrected chi connectivity index (χ1v) is 3.90. The van der Waals surface area contributed by atoms with Crippen LogP contribution in [0.4, 0.5) is 0 Å². The van der Waals surface area contributed by atoms with Gasteiger partial charge in [-0.05, 0) is 12.5 Å². The van der Waals surface area contributed by atoms with E-state index in [0.717, 1.165) is 18.5 Å². The third-order valence-corrected chi connectivity index (χ3v) is 1.54. The summed E-state index contributed by atoms with van der Waals surface area (Å²) in [6, 6.07) is 1.72. The highest BCUT2D eigenvalue weighted by Gasteiger charge is 2.08. The van der Waals surface area contributed by atoms with Crippen LogP contribution in [0, 0.1) is 0 Å². The molecule has 4 nitrogen and oxygen atoms in total. The normalized spacial score (nSPS) is 9.83. The lowest BCUT2D eigenvalue weighted by atomic mass is 10.2. The van der Waals surface area contributed by atoms with Crippen LogP contribution in [-0.2, 0) is 11.2 Å². The predicted molar refractivity (Wildman–Crippen MR) is 43.9 cm³/mol. The van der Waals surface area contributed by atoms with Crippen molar-refractivity contribution in [3.05, 3.63) is 17.5 Å². The Morgan fingerprint density at radius 1 is 1.75 bits per heavy atom. The second-order valence-corrected chi connectivity index (χ2v) is 2.52. The van der Waals surface area contributed by atoms with E-state index >= 15 is 0 Å². The van der Waals surface area contributed by atoms with Crippen molar-refractivity contribution in [1.82, 2.24) is 10.2 Å². The number of carbonyl (C=O) groups excluding carboxylic acids is 1. The van der Waals surface area contributed by atoms with Crippen LogP contribution < -0.4 is 0 Å². The molecule has 1 heterocycles. The average molecular weight is 168 g/mol. The number of aryl methyl sites for hydroxylation is 1. The molecule has 0 aliphatic heterocycles. The minimum absolute atomic E-state index is 0.348. The van der Waals surface area contributed by atoms with Gasteiger partial charge in [-0.15, -0.1) is 0 Å². The zero-order chi connectivity index (χ0) is 8.97. The smallest absolute Gasteiger partial charge is 0.358 e. The highest BCUT2D eigenvalue weighted by molar-refractivity contribution is 5.87. The number of rotatable bonds is 3. The highest BCUT2D eigenvalue weighted by atomic mass is 16.5. The summed E-state index contributed by atoms with van der Waals surface area (Å²) in [6.45, 7) is 2.07. The van der Waals surface area contributed by atoms with E-state index in [2.05, 4.69) is 21.9 Å². The summed E-state index contributed by atoms with van der Waals surface area (Å²) in [5.41, 5.74) is 1.32. The predicted octanol–water partition coefficient (Wildman–Crippen LogP) is 1.15. The van der Waals surface area contributed by atoms with E-state index < -0.39 is 5.97 Å². The minimum Gasteiger partial charge on any atom is -0.464 e. The molecule has 0 atom stereocenters. The van der Waals surface area contributed by atoms with Crippen molar-refractivity contribution in [2.75, 3.05) is 7.11 Å². The highest BCUT2D eigenvalue weighted by Crippen LogP contribution is 2.03. The van der Waals surface area contributed by atoms with Crippen molar-refractivity contribution < 1.29 is 9.53 Å². The Labute approximate surface area is 70.9 Å². The summed E-state index contributed by atoms with van der Waals surface area (Å²) >= 11 is 0. The summed E-state index contributed by atoms with van der Waals surface area (Å²) in [4.78, 5) is 10.9. The zero-order valence-electron chi connectivity index (χ0n) is 7.26. The lowest BCUT2D eigenvalue weighted by molar-refractivity contribution is 0.0594. The maximum Gasteiger partial charge on any atom is 0.358 e. The van der Waals surface area contributed by atoms with E-state index in [1.165, 1.54) is 7.11 Å². The Kier molecular flexibility index (Phi) is 2.85. The number of carbonyl (C=O) groups is 1. The maximum atomic E-state index is 10.9. The molecule has 1 N–H and O–H groups in total. The first-order chi connectivity index (χ1) is 5.77. The van der Waals surface area contributed by atoms with Crippen molar-refractivity contribution in [2.24, 2.45) is 0 Å². The number of H-pyrrole nitrogens is 1. The number of aromatic amines is 1. The molecule has 0 aliphatic carbocycles. The summed E-state index contributed by atoms with van der Waals surface area (Å²) in [6.07, 6.45) is 1.94. The summed E-state index contributed by atoms with van der Waals surface area (Å²) in [5, 5.41) is 6.58. The van der Waals surface area contributed by atoms with E-state index in [9.17, 15) is 4.79 Å². The molecule has 12 heavy (non-hydrogen) atoms. The van der Waals surface area contributed by atoms with E-state index in [1.807, 2.05) is 0 Å². The molecule has 0 spiro atoms. The molecule has 0 amide bonds. The lowest BCUT2D eigenvalue weighted by Gasteiger charge is -1.90. The molecular formula is C8H12N2O2. The van der Waals surface area contributed by atoms with Gasteiger partial charge in [0.15, 0.2) is 5.69 Å². The van der Waals surface area contributed by atoms with E-state index in [4.69, 9.17) is 0 Å². The number of aromatic nitrogens is 2. The van der Waals surface area contributed by atoms with Crippen LogP contribution in [0.15, 0.2) is 6.07 Å². The first-order valence-electron chi connectivity index (χ1n) is 3.90. The van der Waals surface area contributed by atoms with Crippen molar-refractivity contribution in [1.29, 1.82) is 0 Å². The number of hydrogen-bond acceptors (Lipinski definition) is 3. The second-order valence-electron chi connectivity index (χ2n) is 2.52. The topological polar surface area (TPSA) is 55.0 Å². The van der Waals surface area contributed by atoms with Gasteiger partial charge in [0.1, 0.15) is 0 Å². The van der Waals surface area contributed by atoms with Crippen LogP contribution in [0.3, 0.4) is 0 Å². The Morgan fingerprint density at radius 3 is 3.08 bits per heavy atom. The molecule has 0 unspecified atom stereocenters. The standard InChI is InChI=1S/C8H12N2O2/c1-3-4-6-5-7(10-9-6)8(11)12-2/h5H,3-4H2,1-2H3,(H,9,10). The maximum absolute atomic E-state index is 10.9. The van der Waals surface area contributed by atoms with Gasteiger partial charge in [0.2, 0.25) is 0 Å². The minimum atomic E-state index is -0.395. The van der Waals surface area contributed by atoms with E-state index in [0.29, 0.717) is 5.69 Å². The Balaban J connectivity index is 2.70. The molecule has 4 heteroatoms. The molecular weight excluding hydrogens is 156 g/mol. The van der Waals surface area contributed by atoms with Crippen LogP contribution >= 0.6 is 0 Å². The third kappa shape index (κ3) is 1.84. The van der Waals surface area contributed by atoms with Gasteiger partial charge in [-0.3, -0.25) is 5.10 Å². The molecule has 1 rings (SSSR count). The number of nitrogens with one attached hydrogen (secondary N) is 1. The van der Waals surface area contributed by atoms with Crippen LogP contribution in [0.1, 0.15) is 29.5 Å². The fourth-order valence-corrected chi connectivity index (χ4v) is 0.968. The van der Waals surface area contributed by atoms with Gasteiger partial charge in [0, 0.05) is 5.69 Å². The molecule has 1 aromatic rings. The number of hydrogen-bond donors (Lipinski definition) is 1. The molecule has 0 saturated heterocycles. The largest absolute Gasteiger partial charge is 0.464 e. The SMILES string of the molecule is CCCc1cc(C(=O)OC)n[nH]1. The first kappa shape index (κ1) is 8.77. The molecule has 0 aromatic carbocycles. The van der Waals surface area contributed by atoms with Gasteiger partial charge < -0.3 is 4.74 Å². The number of esters is 1. The molecule has 0 aliphatic rings. The monoisotopic (exact) mass is 168 g/mol. The van der Waals surface area contributed by atoms with Crippen molar-refractivity contribution in [3.63, 3.8) is 0 Å². The quantitative estimate of drug-likeness (QED) is 0.689. The molecule has 0 radical (unpaired) electrons. The van der Waals surface area contributed by atoms with Gasteiger partial charge >= 0.3 is 5.97 Å².